The molecular formula is C18H18ClFN2O3. The first-order chi connectivity index (χ1) is 12.0. The van der Waals surface area contributed by atoms with Gasteiger partial charge in [-0.3, -0.25) is 4.79 Å². The average Bonchev–Trinajstić information content (AvgIpc) is 3.25. The molecule has 0 bridgehead atoms. The Morgan fingerprint density at radius 2 is 2.28 bits per heavy atom. The molecule has 0 radical (unpaired) electrons. The zero-order valence-electron chi connectivity index (χ0n) is 13.7. The van der Waals surface area contributed by atoms with Crippen LogP contribution in [0.15, 0.2) is 46.2 Å². The number of amides is 1. The molecule has 1 N–H and O–H groups in total. The summed E-state index contributed by atoms with van der Waals surface area (Å²) in [5.74, 6) is 0.110. The van der Waals surface area contributed by atoms with Gasteiger partial charge < -0.3 is 14.6 Å². The number of aryl methyl sites for hydroxylation is 1. The van der Waals surface area contributed by atoms with Crippen molar-refractivity contribution in [2.45, 2.75) is 38.3 Å². The van der Waals surface area contributed by atoms with Gasteiger partial charge in [-0.1, -0.05) is 22.8 Å². The van der Waals surface area contributed by atoms with E-state index in [1.54, 1.807) is 12.3 Å². The lowest BCUT2D eigenvalue weighted by Gasteiger charge is -2.15. The van der Waals surface area contributed by atoms with Crippen LogP contribution in [-0.2, 0) is 16.1 Å². The van der Waals surface area contributed by atoms with Crippen LogP contribution in [0.1, 0.15) is 31.1 Å². The molecule has 0 fully saturated rings. The summed E-state index contributed by atoms with van der Waals surface area (Å²) in [6, 6.07) is 8.07. The van der Waals surface area contributed by atoms with E-state index >= 15 is 0 Å². The molecule has 132 valence electrons. The lowest BCUT2D eigenvalue weighted by atomic mass is 10.0. The monoisotopic (exact) mass is 364 g/mol. The Kier molecular flexibility index (Phi) is 5.38. The maximum Gasteiger partial charge on any atom is 0.264 e. The van der Waals surface area contributed by atoms with E-state index < -0.39 is 11.9 Å². The molecule has 0 unspecified atom stereocenters. The predicted octanol–water partition coefficient (Wildman–Crippen LogP) is 3.70. The smallest absolute Gasteiger partial charge is 0.264 e. The van der Waals surface area contributed by atoms with Crippen LogP contribution in [0, 0.1) is 5.82 Å². The summed E-state index contributed by atoms with van der Waals surface area (Å²) in [4.78, 5) is 17.5. The highest BCUT2D eigenvalue weighted by Crippen LogP contribution is 2.25. The van der Waals surface area contributed by atoms with Crippen molar-refractivity contribution in [3.63, 3.8) is 0 Å². The molecule has 2 heterocycles. The number of halogens is 2. The molecule has 1 amide bonds. The second kappa shape index (κ2) is 7.70. The van der Waals surface area contributed by atoms with Crippen molar-refractivity contribution in [2.24, 2.45) is 5.16 Å². The largest absolute Gasteiger partial charge is 0.469 e. The van der Waals surface area contributed by atoms with E-state index in [9.17, 15) is 9.18 Å². The second-order valence-electron chi connectivity index (χ2n) is 5.96. The second-order valence-corrected chi connectivity index (χ2v) is 6.37. The fourth-order valence-electron chi connectivity index (χ4n) is 2.66. The van der Waals surface area contributed by atoms with E-state index in [0.29, 0.717) is 5.71 Å². The predicted molar refractivity (Wildman–Crippen MR) is 92.1 cm³/mol. The lowest BCUT2D eigenvalue weighted by molar-refractivity contribution is -0.131. The molecule has 2 atom stereocenters. The number of furan rings is 1. The molecule has 5 nitrogen and oxygen atoms in total. The number of nitrogens with one attached hydrogen (secondary N) is 1. The van der Waals surface area contributed by atoms with Crippen LogP contribution >= 0.6 is 11.6 Å². The van der Waals surface area contributed by atoms with Gasteiger partial charge in [-0.15, -0.1) is 0 Å². The van der Waals surface area contributed by atoms with E-state index in [4.69, 9.17) is 20.9 Å². The van der Waals surface area contributed by atoms with Crippen molar-refractivity contribution in [1.82, 2.24) is 5.32 Å². The molecule has 1 aromatic heterocycles. The molecular weight excluding hydrogens is 347 g/mol. The molecule has 7 heteroatoms. The van der Waals surface area contributed by atoms with Gasteiger partial charge in [0.2, 0.25) is 6.10 Å². The fraction of sp³-hybridized carbons (Fsp3) is 0.333. The summed E-state index contributed by atoms with van der Waals surface area (Å²) in [5.41, 5.74) is 0.525. The molecule has 25 heavy (non-hydrogen) atoms. The molecule has 1 aromatic carbocycles. The molecule has 1 aliphatic heterocycles. The summed E-state index contributed by atoms with van der Waals surface area (Å²) in [5, 5.41) is 6.97. The Hall–Kier alpha value is -2.34. The van der Waals surface area contributed by atoms with E-state index in [2.05, 4.69) is 10.5 Å². The number of benzene rings is 1. The van der Waals surface area contributed by atoms with Crippen LogP contribution in [0.3, 0.4) is 0 Å². The van der Waals surface area contributed by atoms with Crippen LogP contribution in [0.25, 0.3) is 0 Å². The third-order valence-corrected chi connectivity index (χ3v) is 4.32. The third kappa shape index (κ3) is 4.20. The highest BCUT2D eigenvalue weighted by molar-refractivity contribution is 6.34. The first kappa shape index (κ1) is 17.5. The minimum Gasteiger partial charge on any atom is -0.469 e. The quantitative estimate of drug-likeness (QED) is 0.850. The number of hydrogen-bond donors (Lipinski definition) is 1. The van der Waals surface area contributed by atoms with Gasteiger partial charge in [0.15, 0.2) is 0 Å². The Bertz CT molecular complexity index is 756. The van der Waals surface area contributed by atoms with Gasteiger partial charge in [-0.05, 0) is 37.6 Å². The standard InChI is InChI=1S/C18H18ClFN2O3/c1-11(7-8-12-4-3-9-24-12)21-18(23)16-10-15(22-25-16)17-13(19)5-2-6-14(17)20/h2-6,9,11,16H,7-8,10H2,1H3,(H,21,23)/t11-,16+/m0/s1. The normalized spacial score (nSPS) is 17.7. The molecule has 0 saturated carbocycles. The van der Waals surface area contributed by atoms with Gasteiger partial charge in [0.25, 0.3) is 5.91 Å². The molecule has 0 spiro atoms. The number of oxime groups is 1. The zero-order valence-corrected chi connectivity index (χ0v) is 14.4. The van der Waals surface area contributed by atoms with Crippen molar-refractivity contribution < 1.29 is 18.4 Å². The maximum atomic E-state index is 13.9. The topological polar surface area (TPSA) is 63.8 Å². The summed E-state index contributed by atoms with van der Waals surface area (Å²) in [6.45, 7) is 1.91. The van der Waals surface area contributed by atoms with Gasteiger partial charge in [0, 0.05) is 18.9 Å². The number of nitrogens with zero attached hydrogens (tertiary/aromatic N) is 1. The van der Waals surface area contributed by atoms with E-state index in [1.807, 2.05) is 19.1 Å². The van der Waals surface area contributed by atoms with Crippen LogP contribution in [-0.4, -0.2) is 23.8 Å². The molecule has 3 rings (SSSR count). The Labute approximate surface area is 149 Å². The van der Waals surface area contributed by atoms with Crippen molar-refractivity contribution in [3.8, 4) is 0 Å². The summed E-state index contributed by atoms with van der Waals surface area (Å²) in [6.07, 6.45) is 2.48. The Morgan fingerprint density at radius 1 is 1.44 bits per heavy atom. The third-order valence-electron chi connectivity index (χ3n) is 4.01. The summed E-state index contributed by atoms with van der Waals surface area (Å²) >= 11 is 6.03. The Balaban J connectivity index is 1.53. The molecule has 1 aliphatic rings. The highest BCUT2D eigenvalue weighted by atomic mass is 35.5. The number of carbonyl (C=O) groups is 1. The van der Waals surface area contributed by atoms with Gasteiger partial charge >= 0.3 is 0 Å². The zero-order chi connectivity index (χ0) is 17.8. The van der Waals surface area contributed by atoms with Crippen LogP contribution in [0.4, 0.5) is 4.39 Å². The molecule has 2 aromatic rings. The Morgan fingerprint density at radius 3 is 3.00 bits per heavy atom. The number of hydrogen-bond acceptors (Lipinski definition) is 4. The van der Waals surface area contributed by atoms with Crippen molar-refractivity contribution in [2.75, 3.05) is 0 Å². The summed E-state index contributed by atoms with van der Waals surface area (Å²) in [7, 11) is 0. The fourth-order valence-corrected chi connectivity index (χ4v) is 2.93. The van der Waals surface area contributed by atoms with Crippen LogP contribution in [0.2, 0.25) is 5.02 Å². The van der Waals surface area contributed by atoms with Crippen molar-refractivity contribution in [1.29, 1.82) is 0 Å². The van der Waals surface area contributed by atoms with Gasteiger partial charge in [-0.25, -0.2) is 4.39 Å². The van der Waals surface area contributed by atoms with Crippen LogP contribution < -0.4 is 5.32 Å². The van der Waals surface area contributed by atoms with E-state index in [0.717, 1.165) is 18.6 Å². The SMILES string of the molecule is C[C@@H](CCc1ccco1)NC(=O)[C@H]1CC(c2c(F)cccc2Cl)=NO1. The van der Waals surface area contributed by atoms with Crippen molar-refractivity contribution >= 4 is 23.2 Å². The number of rotatable bonds is 6. The van der Waals surface area contributed by atoms with Crippen molar-refractivity contribution in [3.05, 3.63) is 58.8 Å². The highest BCUT2D eigenvalue weighted by Gasteiger charge is 2.31. The minimum atomic E-state index is -0.781. The minimum absolute atomic E-state index is 0.0534. The van der Waals surface area contributed by atoms with Crippen LogP contribution in [0.5, 0.6) is 0 Å². The molecule has 0 saturated heterocycles. The number of carbonyl (C=O) groups excluding carboxylic acids is 1. The first-order valence-electron chi connectivity index (χ1n) is 8.04. The maximum absolute atomic E-state index is 13.9. The first-order valence-corrected chi connectivity index (χ1v) is 8.42. The van der Waals surface area contributed by atoms with E-state index in [-0.39, 0.29) is 29.0 Å². The average molecular weight is 365 g/mol. The van der Waals surface area contributed by atoms with Gasteiger partial charge in [-0.2, -0.15) is 0 Å². The van der Waals surface area contributed by atoms with Gasteiger partial charge in [0.05, 0.1) is 22.6 Å². The summed E-state index contributed by atoms with van der Waals surface area (Å²) < 4.78 is 19.2. The lowest BCUT2D eigenvalue weighted by Crippen LogP contribution is -2.40. The van der Waals surface area contributed by atoms with E-state index in [1.165, 1.54) is 12.1 Å². The molecule has 0 aliphatic carbocycles. The van der Waals surface area contributed by atoms with Gasteiger partial charge in [0.1, 0.15) is 11.6 Å².